The summed E-state index contributed by atoms with van der Waals surface area (Å²) in [4.78, 5) is 25.3. The highest BCUT2D eigenvalue weighted by Gasteiger charge is 2.46. The molecule has 33 heavy (non-hydrogen) atoms. The van der Waals surface area contributed by atoms with Gasteiger partial charge in [-0.3, -0.25) is 9.59 Å². The van der Waals surface area contributed by atoms with Crippen molar-refractivity contribution in [1.82, 2.24) is 10.6 Å². The number of piperidine rings is 1. The lowest BCUT2D eigenvalue weighted by Gasteiger charge is -2.31. The molecule has 2 N–H and O–H groups in total. The van der Waals surface area contributed by atoms with Crippen LogP contribution in [-0.2, 0) is 14.3 Å². The predicted molar refractivity (Wildman–Crippen MR) is 116 cm³/mol. The number of benzene rings is 2. The second kappa shape index (κ2) is 9.95. The van der Waals surface area contributed by atoms with Crippen LogP contribution in [0.4, 0.5) is 13.2 Å². The average molecular weight is 460 g/mol. The van der Waals surface area contributed by atoms with Gasteiger partial charge in [-0.15, -0.1) is 0 Å². The SMILES string of the molecule is O=C(NC(c1ccccc1)c1ccc(C2CCOCC2)cc1)C1CCC(C(F)(F)F)NC1=O. The molecule has 2 aliphatic heterocycles. The number of carbonyl (C=O) groups is 2. The quantitative estimate of drug-likeness (QED) is 0.656. The third-order valence-corrected chi connectivity index (χ3v) is 6.47. The molecular formula is C25H27F3N2O3. The minimum Gasteiger partial charge on any atom is -0.381 e. The predicted octanol–water partition coefficient (Wildman–Crippen LogP) is 4.24. The Balaban J connectivity index is 1.51. The number of carbonyl (C=O) groups excluding carboxylic acids is 2. The summed E-state index contributed by atoms with van der Waals surface area (Å²) in [6, 6.07) is 14.9. The third-order valence-electron chi connectivity index (χ3n) is 6.47. The van der Waals surface area contributed by atoms with Crippen molar-refractivity contribution in [2.24, 2.45) is 5.92 Å². The van der Waals surface area contributed by atoms with E-state index in [-0.39, 0.29) is 12.8 Å². The normalized spacial score (nSPS) is 22.9. The fourth-order valence-corrected chi connectivity index (χ4v) is 4.54. The van der Waals surface area contributed by atoms with Crippen molar-refractivity contribution in [3.63, 3.8) is 0 Å². The standard InChI is InChI=1S/C25H27F3N2O3/c26-25(27,28)21-11-10-20(23(31)29-21)24(32)30-22(18-4-2-1-3-5-18)19-8-6-16(7-9-19)17-12-14-33-15-13-17/h1-9,17,20-22H,10-15H2,(H,29,31)(H,30,32). The molecule has 2 saturated heterocycles. The van der Waals surface area contributed by atoms with Gasteiger partial charge in [-0.05, 0) is 48.3 Å². The van der Waals surface area contributed by atoms with Gasteiger partial charge in [0.15, 0.2) is 0 Å². The zero-order valence-electron chi connectivity index (χ0n) is 18.1. The maximum absolute atomic E-state index is 13.0. The lowest BCUT2D eigenvalue weighted by molar-refractivity contribution is -0.171. The molecule has 0 saturated carbocycles. The van der Waals surface area contributed by atoms with Gasteiger partial charge in [0.05, 0.1) is 6.04 Å². The molecule has 0 bridgehead atoms. The van der Waals surface area contributed by atoms with Crippen LogP contribution in [0.2, 0.25) is 0 Å². The van der Waals surface area contributed by atoms with Crippen LogP contribution in [-0.4, -0.2) is 37.2 Å². The molecule has 3 atom stereocenters. The molecule has 2 heterocycles. The highest BCUT2D eigenvalue weighted by atomic mass is 19.4. The zero-order chi connectivity index (χ0) is 23.4. The van der Waals surface area contributed by atoms with Crippen molar-refractivity contribution >= 4 is 11.8 Å². The molecule has 2 amide bonds. The first-order valence-electron chi connectivity index (χ1n) is 11.2. The Labute approximate surface area is 190 Å². The van der Waals surface area contributed by atoms with E-state index in [1.54, 1.807) is 0 Å². The van der Waals surface area contributed by atoms with E-state index in [0.717, 1.165) is 37.2 Å². The van der Waals surface area contributed by atoms with Crippen LogP contribution in [0.1, 0.15) is 54.3 Å². The summed E-state index contributed by atoms with van der Waals surface area (Å²) in [5.74, 6) is -2.18. The Hall–Kier alpha value is -2.87. The number of alkyl halides is 3. The van der Waals surface area contributed by atoms with E-state index >= 15 is 0 Å². The molecule has 0 radical (unpaired) electrons. The number of hydrogen-bond acceptors (Lipinski definition) is 3. The molecule has 0 aliphatic carbocycles. The third kappa shape index (κ3) is 5.55. The van der Waals surface area contributed by atoms with Gasteiger partial charge in [-0.1, -0.05) is 54.6 Å². The number of nitrogens with one attached hydrogen (secondary N) is 2. The van der Waals surface area contributed by atoms with Gasteiger partial charge < -0.3 is 15.4 Å². The molecular weight excluding hydrogens is 433 g/mol. The molecule has 176 valence electrons. The molecule has 2 aromatic carbocycles. The van der Waals surface area contributed by atoms with Crippen molar-refractivity contribution in [3.8, 4) is 0 Å². The first kappa shape index (κ1) is 23.3. The van der Waals surface area contributed by atoms with Crippen LogP contribution >= 0.6 is 0 Å². The van der Waals surface area contributed by atoms with Crippen molar-refractivity contribution < 1.29 is 27.5 Å². The van der Waals surface area contributed by atoms with Crippen molar-refractivity contribution in [2.75, 3.05) is 13.2 Å². The second-order valence-corrected chi connectivity index (χ2v) is 8.64. The van der Waals surface area contributed by atoms with Crippen LogP contribution in [0.15, 0.2) is 54.6 Å². The zero-order valence-corrected chi connectivity index (χ0v) is 18.1. The lowest BCUT2D eigenvalue weighted by Crippen LogP contribution is -2.54. The van der Waals surface area contributed by atoms with E-state index in [0.29, 0.717) is 5.92 Å². The van der Waals surface area contributed by atoms with E-state index in [4.69, 9.17) is 4.74 Å². The maximum Gasteiger partial charge on any atom is 0.408 e. The Bertz CT molecular complexity index is 957. The summed E-state index contributed by atoms with van der Waals surface area (Å²) in [5.41, 5.74) is 2.88. The Kier molecular flexibility index (Phi) is 7.02. The Morgan fingerprint density at radius 1 is 0.939 bits per heavy atom. The van der Waals surface area contributed by atoms with E-state index < -0.39 is 36.0 Å². The largest absolute Gasteiger partial charge is 0.408 e. The number of rotatable bonds is 5. The van der Waals surface area contributed by atoms with Crippen LogP contribution in [0.5, 0.6) is 0 Å². The summed E-state index contributed by atoms with van der Waals surface area (Å²) >= 11 is 0. The number of halogens is 3. The van der Waals surface area contributed by atoms with Crippen molar-refractivity contribution in [2.45, 2.75) is 49.9 Å². The molecule has 0 spiro atoms. The number of ether oxygens (including phenoxy) is 1. The van der Waals surface area contributed by atoms with Crippen LogP contribution in [0.25, 0.3) is 0 Å². The molecule has 8 heteroatoms. The van der Waals surface area contributed by atoms with E-state index in [2.05, 4.69) is 17.4 Å². The van der Waals surface area contributed by atoms with Gasteiger partial charge in [0, 0.05) is 13.2 Å². The molecule has 2 aliphatic rings. The summed E-state index contributed by atoms with van der Waals surface area (Å²) in [5, 5.41) is 4.85. The summed E-state index contributed by atoms with van der Waals surface area (Å²) < 4.78 is 44.3. The topological polar surface area (TPSA) is 67.4 Å². The monoisotopic (exact) mass is 460 g/mol. The molecule has 0 aromatic heterocycles. The van der Waals surface area contributed by atoms with Crippen LogP contribution in [0, 0.1) is 5.92 Å². The fraction of sp³-hybridized carbons (Fsp3) is 0.440. The molecule has 4 rings (SSSR count). The molecule has 2 aromatic rings. The highest BCUT2D eigenvalue weighted by Crippen LogP contribution is 2.31. The van der Waals surface area contributed by atoms with Crippen LogP contribution < -0.4 is 10.6 Å². The van der Waals surface area contributed by atoms with Gasteiger partial charge in [0.2, 0.25) is 11.8 Å². The van der Waals surface area contributed by atoms with Crippen molar-refractivity contribution in [3.05, 3.63) is 71.3 Å². The first-order valence-corrected chi connectivity index (χ1v) is 11.2. The van der Waals surface area contributed by atoms with Gasteiger partial charge >= 0.3 is 6.18 Å². The van der Waals surface area contributed by atoms with E-state index in [1.165, 1.54) is 5.56 Å². The van der Waals surface area contributed by atoms with Crippen LogP contribution in [0.3, 0.4) is 0 Å². The summed E-state index contributed by atoms with van der Waals surface area (Å²) in [7, 11) is 0. The number of amides is 2. The summed E-state index contributed by atoms with van der Waals surface area (Å²) in [6.07, 6.45) is -3.05. The van der Waals surface area contributed by atoms with Gasteiger partial charge in [-0.2, -0.15) is 13.2 Å². The Morgan fingerprint density at radius 2 is 1.58 bits per heavy atom. The van der Waals surface area contributed by atoms with Crippen molar-refractivity contribution in [1.29, 1.82) is 0 Å². The minimum absolute atomic E-state index is 0.147. The van der Waals surface area contributed by atoms with E-state index in [1.807, 2.05) is 47.8 Å². The summed E-state index contributed by atoms with van der Waals surface area (Å²) in [6.45, 7) is 1.49. The molecule has 3 unspecified atom stereocenters. The highest BCUT2D eigenvalue weighted by molar-refractivity contribution is 6.01. The minimum atomic E-state index is -4.52. The van der Waals surface area contributed by atoms with Gasteiger partial charge in [-0.25, -0.2) is 0 Å². The first-order chi connectivity index (χ1) is 15.8. The lowest BCUT2D eigenvalue weighted by atomic mass is 9.89. The molecule has 5 nitrogen and oxygen atoms in total. The maximum atomic E-state index is 13.0. The van der Waals surface area contributed by atoms with Gasteiger partial charge in [0.25, 0.3) is 0 Å². The Morgan fingerprint density at radius 3 is 2.18 bits per heavy atom. The second-order valence-electron chi connectivity index (χ2n) is 8.64. The smallest absolute Gasteiger partial charge is 0.381 e. The number of hydrogen-bond donors (Lipinski definition) is 2. The van der Waals surface area contributed by atoms with Gasteiger partial charge in [0.1, 0.15) is 12.0 Å². The fourth-order valence-electron chi connectivity index (χ4n) is 4.54. The average Bonchev–Trinajstić information content (AvgIpc) is 2.83. The van der Waals surface area contributed by atoms with E-state index in [9.17, 15) is 22.8 Å². The molecule has 2 fully saturated rings.